The number of nitrogens with two attached hydrogens (primary N) is 3. The van der Waals surface area contributed by atoms with Crippen LogP contribution in [0.4, 0.5) is 17.1 Å². The van der Waals surface area contributed by atoms with Gasteiger partial charge >= 0.3 is 0 Å². The van der Waals surface area contributed by atoms with Crippen LogP contribution in [0, 0.1) is 0 Å². The number of fused-ring (bicyclic) bond motifs is 3. The number of hydrogen-bond donors (Lipinski definition) is 4. The van der Waals surface area contributed by atoms with Gasteiger partial charge in [-0.15, -0.1) is 0 Å². The lowest BCUT2D eigenvalue weighted by atomic mass is 9.81. The predicted octanol–water partition coefficient (Wildman–Crippen LogP) is 9.50. The highest BCUT2D eigenvalue weighted by atomic mass is 16.5. The van der Waals surface area contributed by atoms with Crippen LogP contribution >= 0.6 is 0 Å². The van der Waals surface area contributed by atoms with E-state index in [9.17, 15) is 14.4 Å². The number of rotatable bonds is 21. The number of amides is 1. The molecule has 2 heterocycles. The zero-order chi connectivity index (χ0) is 48.4. The molecule has 354 valence electrons. The number of nitrogens with zero attached hydrogens (tertiary/aromatic N) is 3. The van der Waals surface area contributed by atoms with E-state index < -0.39 is 5.41 Å². The van der Waals surface area contributed by atoms with Crippen LogP contribution in [0.1, 0.15) is 107 Å². The lowest BCUT2D eigenvalue weighted by molar-refractivity contribution is -0.401. The van der Waals surface area contributed by atoms with Crippen molar-refractivity contribution in [2.75, 3.05) is 44.4 Å². The van der Waals surface area contributed by atoms with Gasteiger partial charge in [0, 0.05) is 78.6 Å². The second-order valence-corrected chi connectivity index (χ2v) is 18.2. The molecule has 0 atom stereocenters. The molecular formula is C56H72N7O4+. The van der Waals surface area contributed by atoms with Crippen molar-refractivity contribution in [3.8, 4) is 0 Å². The maximum atomic E-state index is 12.1. The molecule has 0 fully saturated rings. The molecular weight excluding hydrogens is 835 g/mol. The summed E-state index contributed by atoms with van der Waals surface area (Å²) in [5.41, 5.74) is 23.3. The van der Waals surface area contributed by atoms with Gasteiger partial charge in [-0.25, -0.2) is 5.84 Å². The molecule has 11 heteroatoms. The minimum Gasteiger partial charge on any atom is -0.497 e. The molecule has 7 N–H and O–H groups in total. The van der Waals surface area contributed by atoms with Gasteiger partial charge in [-0.3, -0.25) is 4.79 Å². The van der Waals surface area contributed by atoms with Crippen molar-refractivity contribution in [2.45, 2.75) is 96.4 Å². The third-order valence-corrected chi connectivity index (χ3v) is 12.6. The van der Waals surface area contributed by atoms with Crippen molar-refractivity contribution in [3.63, 3.8) is 0 Å². The number of nitrogen functional groups attached to an aromatic ring is 1. The van der Waals surface area contributed by atoms with E-state index in [4.69, 9.17) is 22.0 Å². The number of ether oxygens (including phenoxy) is 1. The highest BCUT2D eigenvalue weighted by molar-refractivity contribution is 6.03. The summed E-state index contributed by atoms with van der Waals surface area (Å²) in [5.74, 6) is 7.08. The molecule has 2 aliphatic heterocycles. The molecule has 11 nitrogen and oxygen atoms in total. The molecule has 0 spiro atoms. The van der Waals surface area contributed by atoms with Gasteiger partial charge in [0.05, 0.1) is 30.0 Å². The fraction of sp³-hybridized carbons (Fsp3) is 0.357. The number of aldehydes is 2. The highest BCUT2D eigenvalue weighted by Crippen LogP contribution is 2.40. The van der Waals surface area contributed by atoms with Crippen molar-refractivity contribution in [2.24, 2.45) is 11.6 Å². The standard InChI is InChI=1S/C38H51N3O3.C18H20N4O/c1-37(2)31-21-14-16-23-33(31)41(5)34(37)24-10-8-11-25-35(38(3,4)30-20-13-15-22-32(30)39)44-29-19-9-12-26-36(43)40-27-17-6-7-18-28-42;1-21-12-13-6-2-3-7-14(13)17(19)18(22(20)10-11-23)15-8-4-5-9-16(15)21/h8,10-11,13-16,20-25,28H,6-7,9,12,17-19,26-27,29,39H2,1-5H3;2-9,11H,10,12,19-20H2,1H3/p+1/b11-8+,24-10+,35-25+;18-17-. The van der Waals surface area contributed by atoms with Gasteiger partial charge in [0.1, 0.15) is 25.4 Å². The van der Waals surface area contributed by atoms with Crippen LogP contribution in [0.15, 0.2) is 133 Å². The smallest absolute Gasteiger partial charge is 0.219 e. The molecule has 0 radical (unpaired) electrons. The Morgan fingerprint density at radius 3 is 2.27 bits per heavy atom. The molecule has 6 rings (SSSR count). The third kappa shape index (κ3) is 13.2. The van der Waals surface area contributed by atoms with Crippen LogP contribution in [0.5, 0.6) is 0 Å². The molecule has 2 aliphatic rings. The SMILES string of the molecule is CN1Cc2ccccc2/C(N)=C(/N(N)CC=O)c2ccccc21.C[N+]1=C(/C=C/C=C/C=C(/OCCCCCC(=O)NCCCCCC=O)C(C)(C)c2ccccc2N)C(C)(C)c2ccccc21. The van der Waals surface area contributed by atoms with Gasteiger partial charge in [0.15, 0.2) is 5.71 Å². The van der Waals surface area contributed by atoms with E-state index in [1.54, 1.807) is 0 Å². The molecule has 0 bridgehead atoms. The first-order valence-electron chi connectivity index (χ1n) is 23.5. The number of hydrazine groups is 1. The molecule has 4 aromatic carbocycles. The number of anilines is 2. The first-order valence-corrected chi connectivity index (χ1v) is 23.5. The molecule has 0 aromatic heterocycles. The summed E-state index contributed by atoms with van der Waals surface area (Å²) in [6.07, 6.45) is 18.6. The Hall–Kier alpha value is -6.72. The number of carbonyl (C=O) groups excluding carboxylic acids is 3. The van der Waals surface area contributed by atoms with Crippen LogP contribution < -0.4 is 27.5 Å². The number of unbranched alkanes of at least 4 members (excludes halogenated alkanes) is 5. The van der Waals surface area contributed by atoms with Gasteiger partial charge in [-0.05, 0) is 89.1 Å². The van der Waals surface area contributed by atoms with Gasteiger partial charge in [0.25, 0.3) is 0 Å². The van der Waals surface area contributed by atoms with Crippen molar-refractivity contribution in [1.82, 2.24) is 10.3 Å². The summed E-state index contributed by atoms with van der Waals surface area (Å²) in [5, 5.41) is 4.39. The zero-order valence-electron chi connectivity index (χ0n) is 40.5. The number of nitrogens with one attached hydrogen (secondary N) is 1. The Morgan fingerprint density at radius 1 is 0.836 bits per heavy atom. The van der Waals surface area contributed by atoms with E-state index in [-0.39, 0.29) is 17.9 Å². The second kappa shape index (κ2) is 24.7. The minimum atomic E-state index is -0.422. The predicted molar refractivity (Wildman–Crippen MR) is 275 cm³/mol. The van der Waals surface area contributed by atoms with E-state index in [1.165, 1.54) is 22.0 Å². The summed E-state index contributed by atoms with van der Waals surface area (Å²) in [6, 6.07) is 32.5. The van der Waals surface area contributed by atoms with E-state index in [2.05, 4.69) is 104 Å². The molecule has 1 amide bonds. The minimum absolute atomic E-state index is 0.0645. The number of para-hydroxylation sites is 3. The van der Waals surface area contributed by atoms with E-state index >= 15 is 0 Å². The van der Waals surface area contributed by atoms with Gasteiger partial charge in [-0.2, -0.15) is 4.58 Å². The summed E-state index contributed by atoms with van der Waals surface area (Å²) in [7, 11) is 4.16. The Morgan fingerprint density at radius 2 is 1.52 bits per heavy atom. The first kappa shape index (κ1) is 51.3. The zero-order valence-corrected chi connectivity index (χ0v) is 40.5. The van der Waals surface area contributed by atoms with Gasteiger partial charge < -0.3 is 41.0 Å². The lowest BCUT2D eigenvalue weighted by Crippen LogP contribution is -2.34. The molecule has 67 heavy (non-hydrogen) atoms. The summed E-state index contributed by atoms with van der Waals surface area (Å²) >= 11 is 0. The van der Waals surface area contributed by atoms with Crippen molar-refractivity contribution < 1.29 is 23.7 Å². The van der Waals surface area contributed by atoms with Gasteiger partial charge in [0.2, 0.25) is 11.6 Å². The number of benzene rings is 4. The molecule has 0 aliphatic carbocycles. The monoisotopic (exact) mass is 907 g/mol. The maximum Gasteiger partial charge on any atom is 0.219 e. The summed E-state index contributed by atoms with van der Waals surface area (Å²) in [4.78, 5) is 35.6. The third-order valence-electron chi connectivity index (χ3n) is 12.6. The van der Waals surface area contributed by atoms with Crippen LogP contribution in [-0.2, 0) is 36.5 Å². The van der Waals surface area contributed by atoms with E-state index in [0.29, 0.717) is 37.4 Å². The van der Waals surface area contributed by atoms with Crippen molar-refractivity contribution in [1.29, 1.82) is 0 Å². The number of hydrogen-bond acceptors (Lipinski definition) is 9. The number of allylic oxidation sites excluding steroid dienone is 6. The fourth-order valence-corrected chi connectivity index (χ4v) is 8.91. The lowest BCUT2D eigenvalue weighted by Gasteiger charge is -2.31. The topological polar surface area (TPSA) is 160 Å². The Balaban J connectivity index is 0.000000304. The Kier molecular flexibility index (Phi) is 18.9. The molecule has 4 aromatic rings. The highest BCUT2D eigenvalue weighted by Gasteiger charge is 2.42. The largest absolute Gasteiger partial charge is 0.497 e. The van der Waals surface area contributed by atoms with Crippen LogP contribution in [0.25, 0.3) is 11.4 Å². The summed E-state index contributed by atoms with van der Waals surface area (Å²) in [6.45, 7) is 10.9. The Bertz CT molecular complexity index is 2480. The fourth-order valence-electron chi connectivity index (χ4n) is 8.91. The number of carbonyl (C=O) groups is 3. The van der Waals surface area contributed by atoms with Crippen LogP contribution in [0.2, 0.25) is 0 Å². The molecule has 0 saturated carbocycles. The molecule has 0 unspecified atom stereocenters. The van der Waals surface area contributed by atoms with Crippen molar-refractivity contribution >= 4 is 52.6 Å². The quantitative estimate of drug-likeness (QED) is 0.00934. The summed E-state index contributed by atoms with van der Waals surface area (Å²) < 4.78 is 8.67. The Labute approximate surface area is 398 Å². The average molecular weight is 907 g/mol. The molecule has 0 saturated heterocycles. The van der Waals surface area contributed by atoms with Gasteiger partial charge in [-0.1, -0.05) is 104 Å². The first-order chi connectivity index (χ1) is 32.2. The van der Waals surface area contributed by atoms with E-state index in [1.807, 2.05) is 79.9 Å². The van der Waals surface area contributed by atoms with Crippen LogP contribution in [-0.4, -0.2) is 67.6 Å². The van der Waals surface area contributed by atoms with E-state index in [0.717, 1.165) is 97.0 Å². The maximum absolute atomic E-state index is 12.1. The van der Waals surface area contributed by atoms with Crippen molar-refractivity contribution in [3.05, 3.63) is 161 Å². The van der Waals surface area contributed by atoms with Crippen LogP contribution in [0.3, 0.4) is 0 Å². The average Bonchev–Trinajstić information content (AvgIpc) is 3.50. The normalized spacial score (nSPS) is 15.5. The second-order valence-electron chi connectivity index (χ2n) is 18.2.